The number of amides is 1. The first-order valence-corrected chi connectivity index (χ1v) is 11.6. The summed E-state index contributed by atoms with van der Waals surface area (Å²) in [5, 5.41) is 0. The van der Waals surface area contributed by atoms with Crippen LogP contribution in [0.3, 0.4) is 0 Å². The highest BCUT2D eigenvalue weighted by molar-refractivity contribution is 6.12. The molecule has 1 heterocycles. The van der Waals surface area contributed by atoms with E-state index in [-0.39, 0.29) is 5.91 Å². The molecule has 5 heteroatoms. The predicted octanol–water partition coefficient (Wildman–Crippen LogP) is 6.38. The summed E-state index contributed by atoms with van der Waals surface area (Å²) >= 11 is 0. The van der Waals surface area contributed by atoms with Crippen molar-refractivity contribution in [3.63, 3.8) is 0 Å². The Morgan fingerprint density at radius 2 is 1.51 bits per heavy atom. The van der Waals surface area contributed by atoms with E-state index in [0.717, 1.165) is 28.1 Å². The fourth-order valence-electron chi connectivity index (χ4n) is 4.68. The molecule has 1 amide bonds. The van der Waals surface area contributed by atoms with Crippen LogP contribution in [0.5, 0.6) is 11.5 Å². The van der Waals surface area contributed by atoms with Gasteiger partial charge in [0, 0.05) is 17.8 Å². The topological polar surface area (TPSA) is 42.0 Å². The number of benzene rings is 4. The van der Waals surface area contributed by atoms with Crippen LogP contribution in [0.2, 0.25) is 0 Å². The zero-order chi connectivity index (χ0) is 24.4. The van der Waals surface area contributed by atoms with Gasteiger partial charge >= 0.3 is 0 Å². The third kappa shape index (κ3) is 4.21. The second kappa shape index (κ2) is 9.55. The SMILES string of the molecule is COc1ccc(OC)c([C@@H]2N(Cc3ccccc3)c3ccccc3C(=O)N2c2ccc(C)cc2)c1. The fraction of sp³-hybridized carbons (Fsp3) is 0.167. The van der Waals surface area contributed by atoms with Gasteiger partial charge in [-0.1, -0.05) is 60.2 Å². The van der Waals surface area contributed by atoms with Crippen molar-refractivity contribution < 1.29 is 14.3 Å². The van der Waals surface area contributed by atoms with Crippen molar-refractivity contribution >= 4 is 17.3 Å². The quantitative estimate of drug-likeness (QED) is 0.332. The van der Waals surface area contributed by atoms with E-state index in [9.17, 15) is 4.79 Å². The van der Waals surface area contributed by atoms with E-state index >= 15 is 0 Å². The molecule has 0 spiro atoms. The lowest BCUT2D eigenvalue weighted by Gasteiger charge is -2.46. The van der Waals surface area contributed by atoms with Crippen LogP contribution in [0.15, 0.2) is 97.1 Å². The first kappa shape index (κ1) is 22.5. The predicted molar refractivity (Wildman–Crippen MR) is 139 cm³/mol. The zero-order valence-electron chi connectivity index (χ0n) is 20.1. The molecule has 0 aromatic heterocycles. The van der Waals surface area contributed by atoms with Gasteiger partial charge in [-0.15, -0.1) is 0 Å². The molecule has 1 atom stereocenters. The van der Waals surface area contributed by atoms with Gasteiger partial charge in [0.25, 0.3) is 5.91 Å². The standard InChI is InChI=1S/C30H28N2O3/c1-21-13-15-23(16-14-21)32-29(26-19-24(34-2)17-18-28(26)35-3)31(20-22-9-5-4-6-10-22)27-12-8-7-11-25(27)30(32)33/h4-19,29H,20H2,1-3H3/t29-/m1/s1. The zero-order valence-corrected chi connectivity index (χ0v) is 20.1. The summed E-state index contributed by atoms with van der Waals surface area (Å²) in [6.07, 6.45) is -0.453. The molecule has 1 aliphatic heterocycles. The maximum Gasteiger partial charge on any atom is 0.262 e. The van der Waals surface area contributed by atoms with E-state index in [1.54, 1.807) is 14.2 Å². The van der Waals surface area contributed by atoms with Crippen LogP contribution in [0, 0.1) is 6.92 Å². The number of carbonyl (C=O) groups excluding carboxylic acids is 1. The highest BCUT2D eigenvalue weighted by Crippen LogP contribution is 2.45. The molecule has 0 saturated heterocycles. The van der Waals surface area contributed by atoms with Gasteiger partial charge < -0.3 is 14.4 Å². The Bertz CT molecular complexity index is 1340. The number of fused-ring (bicyclic) bond motifs is 1. The van der Waals surface area contributed by atoms with Crippen LogP contribution in [-0.2, 0) is 6.54 Å². The van der Waals surface area contributed by atoms with Crippen LogP contribution < -0.4 is 19.3 Å². The number of rotatable bonds is 6. The fourth-order valence-corrected chi connectivity index (χ4v) is 4.68. The minimum absolute atomic E-state index is 0.0522. The van der Waals surface area contributed by atoms with Crippen molar-refractivity contribution in [3.8, 4) is 11.5 Å². The molecule has 4 aromatic carbocycles. The van der Waals surface area contributed by atoms with Crippen molar-refractivity contribution in [2.45, 2.75) is 19.6 Å². The van der Waals surface area contributed by atoms with Gasteiger partial charge in [0.15, 0.2) is 0 Å². The van der Waals surface area contributed by atoms with Crippen molar-refractivity contribution in [3.05, 3.63) is 119 Å². The number of ether oxygens (including phenoxy) is 2. The summed E-state index contributed by atoms with van der Waals surface area (Å²) in [6.45, 7) is 2.65. The second-order valence-electron chi connectivity index (χ2n) is 8.62. The summed E-state index contributed by atoms with van der Waals surface area (Å²) in [6, 6.07) is 31.9. The summed E-state index contributed by atoms with van der Waals surface area (Å²) in [4.78, 5) is 18.2. The van der Waals surface area contributed by atoms with Gasteiger partial charge in [0.2, 0.25) is 0 Å². The molecular formula is C30H28N2O3. The number of aryl methyl sites for hydroxylation is 1. The van der Waals surface area contributed by atoms with Crippen LogP contribution in [0.25, 0.3) is 0 Å². The van der Waals surface area contributed by atoms with Gasteiger partial charge in [-0.2, -0.15) is 0 Å². The molecular weight excluding hydrogens is 436 g/mol. The van der Waals surface area contributed by atoms with Crippen molar-refractivity contribution in [2.75, 3.05) is 24.0 Å². The summed E-state index contributed by atoms with van der Waals surface area (Å²) in [5.41, 5.74) is 5.51. The van der Waals surface area contributed by atoms with Crippen LogP contribution in [0.4, 0.5) is 11.4 Å². The Morgan fingerprint density at radius 3 is 2.23 bits per heavy atom. The van der Waals surface area contributed by atoms with E-state index in [0.29, 0.717) is 23.6 Å². The van der Waals surface area contributed by atoms with E-state index in [1.165, 1.54) is 0 Å². The van der Waals surface area contributed by atoms with Gasteiger partial charge in [0.05, 0.1) is 25.5 Å². The third-order valence-corrected chi connectivity index (χ3v) is 6.43. The van der Waals surface area contributed by atoms with Crippen LogP contribution in [-0.4, -0.2) is 20.1 Å². The molecule has 35 heavy (non-hydrogen) atoms. The molecule has 1 aliphatic rings. The number of nitrogens with zero attached hydrogens (tertiary/aromatic N) is 2. The molecule has 5 nitrogen and oxygen atoms in total. The normalized spacial score (nSPS) is 15.1. The minimum Gasteiger partial charge on any atom is -0.497 e. The van der Waals surface area contributed by atoms with Crippen LogP contribution in [0.1, 0.15) is 33.2 Å². The third-order valence-electron chi connectivity index (χ3n) is 6.43. The summed E-state index contributed by atoms with van der Waals surface area (Å²) in [7, 11) is 3.30. The average Bonchev–Trinajstić information content (AvgIpc) is 2.91. The number of methoxy groups -OCH3 is 2. The molecule has 0 bridgehead atoms. The first-order valence-electron chi connectivity index (χ1n) is 11.6. The summed E-state index contributed by atoms with van der Waals surface area (Å²) < 4.78 is 11.4. The number of carbonyl (C=O) groups is 1. The minimum atomic E-state index is -0.453. The Kier molecular flexibility index (Phi) is 6.15. The van der Waals surface area contributed by atoms with Gasteiger partial charge in [-0.3, -0.25) is 9.69 Å². The Labute approximate surface area is 206 Å². The molecule has 0 unspecified atom stereocenters. The second-order valence-corrected chi connectivity index (χ2v) is 8.62. The van der Waals surface area contributed by atoms with Crippen molar-refractivity contribution in [1.82, 2.24) is 0 Å². The lowest BCUT2D eigenvalue weighted by Crippen LogP contribution is -2.49. The van der Waals surface area contributed by atoms with E-state index < -0.39 is 6.17 Å². The highest BCUT2D eigenvalue weighted by Gasteiger charge is 2.41. The molecule has 0 N–H and O–H groups in total. The number of hydrogen-bond donors (Lipinski definition) is 0. The molecule has 4 aromatic rings. The number of anilines is 2. The molecule has 0 fully saturated rings. The van der Waals surface area contributed by atoms with E-state index in [4.69, 9.17) is 9.47 Å². The lowest BCUT2D eigenvalue weighted by atomic mass is 9.98. The van der Waals surface area contributed by atoms with Gasteiger partial charge in [-0.05, 0) is 55.0 Å². The van der Waals surface area contributed by atoms with Gasteiger partial charge in [0.1, 0.15) is 17.7 Å². The van der Waals surface area contributed by atoms with E-state index in [1.807, 2.05) is 96.8 Å². The smallest absolute Gasteiger partial charge is 0.262 e. The summed E-state index contributed by atoms with van der Waals surface area (Å²) in [5.74, 6) is 1.34. The highest BCUT2D eigenvalue weighted by atomic mass is 16.5. The van der Waals surface area contributed by atoms with E-state index in [2.05, 4.69) is 17.0 Å². The number of para-hydroxylation sites is 1. The largest absolute Gasteiger partial charge is 0.497 e. The molecule has 0 radical (unpaired) electrons. The molecule has 0 saturated carbocycles. The number of hydrogen-bond acceptors (Lipinski definition) is 4. The Balaban J connectivity index is 1.77. The Hall–Kier alpha value is -4.25. The Morgan fingerprint density at radius 1 is 0.800 bits per heavy atom. The molecule has 0 aliphatic carbocycles. The van der Waals surface area contributed by atoms with Crippen molar-refractivity contribution in [1.29, 1.82) is 0 Å². The maximum atomic E-state index is 14.1. The van der Waals surface area contributed by atoms with Crippen molar-refractivity contribution in [2.24, 2.45) is 0 Å². The lowest BCUT2D eigenvalue weighted by molar-refractivity contribution is 0.0967. The van der Waals surface area contributed by atoms with Gasteiger partial charge in [-0.25, -0.2) is 0 Å². The molecule has 176 valence electrons. The first-order chi connectivity index (χ1) is 17.1. The molecule has 5 rings (SSSR count). The van der Waals surface area contributed by atoms with Crippen LogP contribution >= 0.6 is 0 Å². The average molecular weight is 465 g/mol. The maximum absolute atomic E-state index is 14.1. The monoisotopic (exact) mass is 464 g/mol.